The summed E-state index contributed by atoms with van der Waals surface area (Å²) in [5.74, 6) is 0. The molecule has 1 aliphatic heterocycles. The Morgan fingerprint density at radius 1 is 1.50 bits per heavy atom. The van der Waals surface area contributed by atoms with Crippen LogP contribution in [-0.2, 0) is 6.54 Å². The second kappa shape index (κ2) is 5.48. The molecule has 1 fully saturated rings. The number of rotatable bonds is 3. The van der Waals surface area contributed by atoms with E-state index >= 15 is 0 Å². The van der Waals surface area contributed by atoms with Gasteiger partial charge in [-0.2, -0.15) is 0 Å². The van der Waals surface area contributed by atoms with E-state index in [4.69, 9.17) is 4.98 Å². The molecule has 1 atom stereocenters. The van der Waals surface area contributed by atoms with Gasteiger partial charge in [0.05, 0.1) is 10.6 Å². The lowest BCUT2D eigenvalue weighted by molar-refractivity contribution is 0.198. The first-order valence-electron chi connectivity index (χ1n) is 6.25. The standard InChI is InChI=1S/C13H17N3S2/c1-10-7-16(5-4-14-10)8-11-9-18-13(15-11)12-3-2-6-17-12/h2-3,6,9-10,14H,4-5,7-8H2,1H3. The molecule has 0 saturated carbocycles. The van der Waals surface area contributed by atoms with Crippen LogP contribution in [0.3, 0.4) is 0 Å². The molecule has 0 amide bonds. The summed E-state index contributed by atoms with van der Waals surface area (Å²) in [7, 11) is 0. The second-order valence-electron chi connectivity index (χ2n) is 4.71. The van der Waals surface area contributed by atoms with E-state index in [0.29, 0.717) is 6.04 Å². The zero-order valence-electron chi connectivity index (χ0n) is 10.4. The van der Waals surface area contributed by atoms with Crippen LogP contribution in [-0.4, -0.2) is 35.6 Å². The second-order valence-corrected chi connectivity index (χ2v) is 6.52. The van der Waals surface area contributed by atoms with Crippen molar-refractivity contribution < 1.29 is 0 Å². The Balaban J connectivity index is 1.66. The molecule has 2 aromatic rings. The summed E-state index contributed by atoms with van der Waals surface area (Å²) in [5, 5.41) is 8.92. The molecule has 3 rings (SSSR count). The van der Waals surface area contributed by atoms with Gasteiger partial charge in [0.1, 0.15) is 5.01 Å². The molecule has 0 aliphatic carbocycles. The van der Waals surface area contributed by atoms with Crippen molar-refractivity contribution in [3.8, 4) is 9.88 Å². The molecule has 0 radical (unpaired) electrons. The number of thiophene rings is 1. The highest BCUT2D eigenvalue weighted by molar-refractivity contribution is 7.20. The van der Waals surface area contributed by atoms with Crippen molar-refractivity contribution in [2.24, 2.45) is 0 Å². The Morgan fingerprint density at radius 3 is 3.22 bits per heavy atom. The minimum atomic E-state index is 0.592. The number of thiazole rings is 1. The number of nitrogens with one attached hydrogen (secondary N) is 1. The highest BCUT2D eigenvalue weighted by atomic mass is 32.1. The summed E-state index contributed by atoms with van der Waals surface area (Å²) in [4.78, 5) is 8.50. The van der Waals surface area contributed by atoms with Gasteiger partial charge < -0.3 is 5.32 Å². The van der Waals surface area contributed by atoms with E-state index in [2.05, 4.69) is 40.0 Å². The van der Waals surface area contributed by atoms with Crippen molar-refractivity contribution in [2.45, 2.75) is 19.5 Å². The zero-order valence-corrected chi connectivity index (χ0v) is 12.1. The summed E-state index contributed by atoms with van der Waals surface area (Å²) in [5.41, 5.74) is 1.21. The molecule has 0 aromatic carbocycles. The molecule has 1 unspecified atom stereocenters. The van der Waals surface area contributed by atoms with E-state index < -0.39 is 0 Å². The van der Waals surface area contributed by atoms with Gasteiger partial charge in [-0.25, -0.2) is 4.98 Å². The van der Waals surface area contributed by atoms with Crippen LogP contribution in [0.4, 0.5) is 0 Å². The lowest BCUT2D eigenvalue weighted by Gasteiger charge is -2.31. The summed E-state index contributed by atoms with van der Waals surface area (Å²) in [6.45, 7) is 6.54. The maximum Gasteiger partial charge on any atom is 0.133 e. The normalized spacial score (nSPS) is 21.3. The maximum absolute atomic E-state index is 4.74. The van der Waals surface area contributed by atoms with Gasteiger partial charge in [0.15, 0.2) is 0 Å². The van der Waals surface area contributed by atoms with E-state index in [1.807, 2.05) is 0 Å². The van der Waals surface area contributed by atoms with Crippen LogP contribution in [0.5, 0.6) is 0 Å². The van der Waals surface area contributed by atoms with Crippen LogP contribution in [0, 0.1) is 0 Å². The fraction of sp³-hybridized carbons (Fsp3) is 0.462. The van der Waals surface area contributed by atoms with Crippen molar-refractivity contribution >= 4 is 22.7 Å². The Labute approximate surface area is 115 Å². The average molecular weight is 279 g/mol. The molecule has 2 aromatic heterocycles. The highest BCUT2D eigenvalue weighted by Gasteiger charge is 2.16. The van der Waals surface area contributed by atoms with Crippen LogP contribution in [0.15, 0.2) is 22.9 Å². The zero-order chi connectivity index (χ0) is 12.4. The van der Waals surface area contributed by atoms with E-state index in [-0.39, 0.29) is 0 Å². The van der Waals surface area contributed by atoms with Crippen molar-refractivity contribution in [3.05, 3.63) is 28.6 Å². The molecule has 1 saturated heterocycles. The lowest BCUT2D eigenvalue weighted by atomic mass is 10.2. The largest absolute Gasteiger partial charge is 0.312 e. The minimum absolute atomic E-state index is 0.592. The van der Waals surface area contributed by atoms with Crippen LogP contribution in [0.25, 0.3) is 9.88 Å². The molecule has 3 nitrogen and oxygen atoms in total. The fourth-order valence-electron chi connectivity index (χ4n) is 2.28. The first-order valence-corrected chi connectivity index (χ1v) is 8.01. The summed E-state index contributed by atoms with van der Waals surface area (Å²) >= 11 is 3.51. The molecule has 1 N–H and O–H groups in total. The third-order valence-corrected chi connectivity index (χ3v) is 5.05. The molecule has 0 bridgehead atoms. The Hall–Kier alpha value is -0.750. The van der Waals surface area contributed by atoms with Gasteiger partial charge in [0, 0.05) is 37.6 Å². The third-order valence-electron chi connectivity index (χ3n) is 3.12. The third kappa shape index (κ3) is 2.80. The Morgan fingerprint density at radius 2 is 2.44 bits per heavy atom. The van der Waals surface area contributed by atoms with E-state index in [1.165, 1.54) is 10.6 Å². The molecule has 1 aliphatic rings. The van der Waals surface area contributed by atoms with Gasteiger partial charge in [0.2, 0.25) is 0 Å². The summed E-state index contributed by atoms with van der Waals surface area (Å²) in [6.07, 6.45) is 0. The maximum atomic E-state index is 4.74. The van der Waals surface area contributed by atoms with E-state index in [0.717, 1.165) is 31.2 Å². The highest BCUT2D eigenvalue weighted by Crippen LogP contribution is 2.28. The van der Waals surface area contributed by atoms with Crippen molar-refractivity contribution in [1.29, 1.82) is 0 Å². The molecule has 18 heavy (non-hydrogen) atoms. The molecular weight excluding hydrogens is 262 g/mol. The smallest absolute Gasteiger partial charge is 0.133 e. The Kier molecular flexibility index (Phi) is 3.75. The van der Waals surface area contributed by atoms with Gasteiger partial charge >= 0.3 is 0 Å². The van der Waals surface area contributed by atoms with Crippen molar-refractivity contribution in [1.82, 2.24) is 15.2 Å². The summed E-state index contributed by atoms with van der Waals surface area (Å²) in [6, 6.07) is 4.81. The monoisotopic (exact) mass is 279 g/mol. The van der Waals surface area contributed by atoms with E-state index in [9.17, 15) is 0 Å². The predicted molar refractivity (Wildman–Crippen MR) is 78.2 cm³/mol. The molecular formula is C13H17N3S2. The van der Waals surface area contributed by atoms with Crippen molar-refractivity contribution in [2.75, 3.05) is 19.6 Å². The minimum Gasteiger partial charge on any atom is -0.312 e. The van der Waals surface area contributed by atoms with Gasteiger partial charge in [-0.3, -0.25) is 4.90 Å². The molecule has 3 heterocycles. The van der Waals surface area contributed by atoms with Crippen molar-refractivity contribution in [3.63, 3.8) is 0 Å². The average Bonchev–Trinajstić information content (AvgIpc) is 2.98. The van der Waals surface area contributed by atoms with Crippen LogP contribution in [0.2, 0.25) is 0 Å². The van der Waals surface area contributed by atoms with Crippen LogP contribution in [0.1, 0.15) is 12.6 Å². The van der Waals surface area contributed by atoms with E-state index in [1.54, 1.807) is 22.7 Å². The molecule has 5 heteroatoms. The number of hydrogen-bond donors (Lipinski definition) is 1. The quantitative estimate of drug-likeness (QED) is 0.936. The molecule has 0 spiro atoms. The Bertz CT molecular complexity index is 492. The number of aromatic nitrogens is 1. The summed E-state index contributed by atoms with van der Waals surface area (Å²) < 4.78 is 0. The van der Waals surface area contributed by atoms with Gasteiger partial charge in [0.25, 0.3) is 0 Å². The molecule has 96 valence electrons. The number of hydrogen-bond acceptors (Lipinski definition) is 5. The van der Waals surface area contributed by atoms with Crippen LogP contribution < -0.4 is 5.32 Å². The van der Waals surface area contributed by atoms with Crippen LogP contribution >= 0.6 is 22.7 Å². The first-order chi connectivity index (χ1) is 8.81. The SMILES string of the molecule is CC1CN(Cc2csc(-c3cccs3)n2)CCN1. The topological polar surface area (TPSA) is 28.2 Å². The van der Waals surface area contributed by atoms with Gasteiger partial charge in [-0.05, 0) is 18.4 Å². The number of piperazine rings is 1. The predicted octanol–water partition coefficient (Wildman–Crippen LogP) is 2.67. The van der Waals surface area contributed by atoms with Gasteiger partial charge in [-0.15, -0.1) is 22.7 Å². The lowest BCUT2D eigenvalue weighted by Crippen LogP contribution is -2.48. The number of nitrogens with zero attached hydrogens (tertiary/aromatic N) is 2. The fourth-order valence-corrected chi connectivity index (χ4v) is 3.90. The van der Waals surface area contributed by atoms with Gasteiger partial charge in [-0.1, -0.05) is 6.07 Å². The first kappa shape index (κ1) is 12.3.